The molecule has 10 heteroatoms. The Hall–Kier alpha value is -1.36. The van der Waals surface area contributed by atoms with Crippen LogP contribution in [0, 0.1) is 5.41 Å². The minimum atomic E-state index is -3.58. The largest absolute Gasteiger partial charge is 0.476 e. The van der Waals surface area contributed by atoms with E-state index in [-0.39, 0.29) is 30.0 Å². The fourth-order valence-electron chi connectivity index (χ4n) is 5.20. The number of nitrogens with one attached hydrogen (secondary N) is 1. The van der Waals surface area contributed by atoms with Crippen molar-refractivity contribution in [2.45, 2.75) is 65.0 Å². The van der Waals surface area contributed by atoms with Gasteiger partial charge in [0.2, 0.25) is 20.0 Å². The molecule has 2 atom stereocenters. The quantitative estimate of drug-likeness (QED) is 0.585. The molecular formula is C21H33N3O5S2. The molecular weight excluding hydrogens is 438 g/mol. The molecule has 0 radical (unpaired) electrons. The first-order valence-electron chi connectivity index (χ1n) is 11.3. The van der Waals surface area contributed by atoms with Crippen molar-refractivity contribution in [3.8, 4) is 0 Å². The van der Waals surface area contributed by atoms with Crippen molar-refractivity contribution in [3.05, 3.63) is 35.5 Å². The van der Waals surface area contributed by atoms with E-state index in [4.69, 9.17) is 4.74 Å². The summed E-state index contributed by atoms with van der Waals surface area (Å²) < 4.78 is 60.0. The van der Waals surface area contributed by atoms with Crippen molar-refractivity contribution in [3.63, 3.8) is 0 Å². The normalized spacial score (nSPS) is 28.2. The zero-order chi connectivity index (χ0) is 22.3. The summed E-state index contributed by atoms with van der Waals surface area (Å²) >= 11 is 0. The van der Waals surface area contributed by atoms with Crippen LogP contribution in [0.3, 0.4) is 0 Å². The second-order valence-electron chi connectivity index (χ2n) is 8.64. The second kappa shape index (κ2) is 8.53. The average Bonchev–Trinajstić information content (AvgIpc) is 3.14. The van der Waals surface area contributed by atoms with Crippen molar-refractivity contribution in [2.24, 2.45) is 5.41 Å². The van der Waals surface area contributed by atoms with Gasteiger partial charge in [0.15, 0.2) is 6.23 Å². The number of ether oxygens (including phenoxy) is 1. The Morgan fingerprint density at radius 1 is 1.19 bits per heavy atom. The smallest absolute Gasteiger partial charge is 0.216 e. The Bertz CT molecular complexity index is 1020. The molecule has 4 rings (SSSR count). The number of hydrogen-bond acceptors (Lipinski definition) is 6. The number of rotatable bonds is 8. The van der Waals surface area contributed by atoms with Crippen LogP contribution < -0.4 is 4.72 Å². The lowest BCUT2D eigenvalue weighted by Crippen LogP contribution is -2.45. The zero-order valence-electron chi connectivity index (χ0n) is 18.3. The summed E-state index contributed by atoms with van der Waals surface area (Å²) in [5, 5.41) is 0. The third-order valence-electron chi connectivity index (χ3n) is 6.89. The number of fused-ring (bicyclic) bond motifs is 1. The highest BCUT2D eigenvalue weighted by Crippen LogP contribution is 2.59. The summed E-state index contributed by atoms with van der Waals surface area (Å²) in [5.74, 6) is 0.846. The van der Waals surface area contributed by atoms with Gasteiger partial charge in [-0.3, -0.25) is 0 Å². The van der Waals surface area contributed by atoms with Gasteiger partial charge in [-0.15, -0.1) is 0 Å². The lowest BCUT2D eigenvalue weighted by atomic mass is 9.66. The highest BCUT2D eigenvalue weighted by atomic mass is 32.2. The summed E-state index contributed by atoms with van der Waals surface area (Å²) in [4.78, 5) is 2.15. The van der Waals surface area contributed by atoms with E-state index in [1.807, 2.05) is 0 Å². The maximum atomic E-state index is 13.0. The maximum absolute atomic E-state index is 13.0. The van der Waals surface area contributed by atoms with Gasteiger partial charge in [-0.25, -0.2) is 21.6 Å². The highest BCUT2D eigenvalue weighted by molar-refractivity contribution is 7.89. The summed E-state index contributed by atoms with van der Waals surface area (Å²) in [5.41, 5.74) is 2.23. The van der Waals surface area contributed by atoms with Gasteiger partial charge in [0.05, 0.1) is 22.6 Å². The molecule has 0 aromatic heterocycles. The minimum absolute atomic E-state index is 0.0335. The molecule has 0 aromatic rings. The SMILES string of the molecule is CCS(=O)(=O)NCCN([C@H]1CC23CCCCC2=CN2C=CCCC2=C3O1)S(=O)(=O)CC. The number of nitrogens with zero attached hydrogens (tertiary/aromatic N) is 2. The van der Waals surface area contributed by atoms with Crippen LogP contribution in [0.25, 0.3) is 0 Å². The van der Waals surface area contributed by atoms with Crippen molar-refractivity contribution in [2.75, 3.05) is 24.6 Å². The second-order valence-corrected chi connectivity index (χ2v) is 12.9. The van der Waals surface area contributed by atoms with Crippen molar-refractivity contribution < 1.29 is 21.6 Å². The van der Waals surface area contributed by atoms with E-state index < -0.39 is 26.3 Å². The van der Waals surface area contributed by atoms with E-state index in [1.54, 1.807) is 13.8 Å². The van der Waals surface area contributed by atoms with E-state index in [0.29, 0.717) is 6.42 Å². The molecule has 4 aliphatic rings. The number of allylic oxidation sites excluding steroid dienone is 3. The van der Waals surface area contributed by atoms with Gasteiger partial charge in [-0.05, 0) is 51.5 Å². The van der Waals surface area contributed by atoms with Gasteiger partial charge >= 0.3 is 0 Å². The van der Waals surface area contributed by atoms with Crippen LogP contribution in [-0.2, 0) is 24.8 Å². The topological polar surface area (TPSA) is 96.0 Å². The predicted molar refractivity (Wildman–Crippen MR) is 119 cm³/mol. The summed E-state index contributed by atoms with van der Waals surface area (Å²) in [6.07, 6.45) is 12.4. The Balaban J connectivity index is 1.65. The fraction of sp³-hybridized carbons (Fsp3) is 0.714. The van der Waals surface area contributed by atoms with Crippen LogP contribution in [0.4, 0.5) is 0 Å². The van der Waals surface area contributed by atoms with Gasteiger partial charge in [-0.2, -0.15) is 4.31 Å². The van der Waals surface area contributed by atoms with Crippen molar-refractivity contribution >= 4 is 20.0 Å². The molecule has 1 saturated carbocycles. The molecule has 1 saturated heterocycles. The molecule has 0 bridgehead atoms. The van der Waals surface area contributed by atoms with Gasteiger partial charge in [0.1, 0.15) is 5.76 Å². The van der Waals surface area contributed by atoms with Crippen LogP contribution in [-0.4, -0.2) is 56.9 Å². The molecule has 1 aliphatic carbocycles. The van der Waals surface area contributed by atoms with E-state index in [2.05, 4.69) is 28.1 Å². The van der Waals surface area contributed by atoms with Crippen LogP contribution in [0.2, 0.25) is 0 Å². The Morgan fingerprint density at radius 2 is 2.00 bits per heavy atom. The number of hydrogen-bond donors (Lipinski definition) is 1. The highest BCUT2D eigenvalue weighted by Gasteiger charge is 2.55. The molecule has 1 unspecified atom stereocenters. The third kappa shape index (κ3) is 4.19. The standard InChI is InChI=1S/C21H33N3O5S2/c1-3-30(25,26)22-12-14-24(31(27,28)4-2)19-15-21-11-7-5-9-17(21)16-23-13-8-6-10-18(23)20(21)29-19/h8,13,16,19,22H,3-7,9-12,14-15H2,1-2H3/t19-,21?/m1/s1. The average molecular weight is 472 g/mol. The molecule has 0 amide bonds. The molecule has 8 nitrogen and oxygen atoms in total. The minimum Gasteiger partial charge on any atom is -0.476 e. The van der Waals surface area contributed by atoms with Crippen LogP contribution in [0.15, 0.2) is 35.5 Å². The van der Waals surface area contributed by atoms with Gasteiger partial charge < -0.3 is 9.64 Å². The number of sulfonamides is 2. The first-order valence-corrected chi connectivity index (χ1v) is 14.5. The van der Waals surface area contributed by atoms with Gasteiger partial charge in [-0.1, -0.05) is 12.5 Å². The van der Waals surface area contributed by atoms with Crippen LogP contribution >= 0.6 is 0 Å². The Labute approximate surface area is 186 Å². The van der Waals surface area contributed by atoms with Crippen LogP contribution in [0.1, 0.15) is 58.8 Å². The maximum Gasteiger partial charge on any atom is 0.216 e. The van der Waals surface area contributed by atoms with E-state index in [1.165, 1.54) is 9.88 Å². The van der Waals surface area contributed by atoms with Gasteiger partial charge in [0, 0.05) is 31.9 Å². The molecule has 1 N–H and O–H groups in total. The molecule has 31 heavy (non-hydrogen) atoms. The van der Waals surface area contributed by atoms with E-state index in [0.717, 1.165) is 50.0 Å². The molecule has 3 aliphatic heterocycles. The third-order valence-corrected chi connectivity index (χ3v) is 10.2. The molecule has 3 heterocycles. The van der Waals surface area contributed by atoms with Crippen molar-refractivity contribution in [1.29, 1.82) is 0 Å². The molecule has 1 spiro atoms. The zero-order valence-corrected chi connectivity index (χ0v) is 20.0. The first-order chi connectivity index (χ1) is 14.7. The van der Waals surface area contributed by atoms with E-state index >= 15 is 0 Å². The molecule has 2 fully saturated rings. The van der Waals surface area contributed by atoms with E-state index in [9.17, 15) is 16.8 Å². The molecule has 0 aromatic carbocycles. The summed E-state index contributed by atoms with van der Waals surface area (Å²) in [7, 11) is -6.97. The Kier molecular flexibility index (Phi) is 6.28. The lowest BCUT2D eigenvalue weighted by Gasteiger charge is -2.42. The first kappa shape index (κ1) is 22.8. The van der Waals surface area contributed by atoms with Crippen LogP contribution in [0.5, 0.6) is 0 Å². The fourth-order valence-corrected chi connectivity index (χ4v) is 6.98. The summed E-state index contributed by atoms with van der Waals surface area (Å²) in [6.45, 7) is 3.26. The van der Waals surface area contributed by atoms with Crippen molar-refractivity contribution in [1.82, 2.24) is 13.9 Å². The Morgan fingerprint density at radius 3 is 2.74 bits per heavy atom. The molecule has 174 valence electrons. The predicted octanol–water partition coefficient (Wildman–Crippen LogP) is 2.60. The monoisotopic (exact) mass is 471 g/mol. The van der Waals surface area contributed by atoms with Gasteiger partial charge in [0.25, 0.3) is 0 Å². The summed E-state index contributed by atoms with van der Waals surface area (Å²) in [6, 6.07) is 0. The lowest BCUT2D eigenvalue weighted by molar-refractivity contribution is 0.0583.